The van der Waals surface area contributed by atoms with Gasteiger partial charge in [0, 0.05) is 12.1 Å². The number of benzene rings is 2. The summed E-state index contributed by atoms with van der Waals surface area (Å²) in [6.45, 7) is 1.59. The van der Waals surface area contributed by atoms with Crippen molar-refractivity contribution in [2.24, 2.45) is 5.73 Å². The maximum Gasteiger partial charge on any atom is 0.246 e. The van der Waals surface area contributed by atoms with E-state index < -0.39 is 18.1 Å². The molecule has 134 valence electrons. The molecule has 6 heteroatoms. The lowest BCUT2D eigenvalue weighted by Crippen LogP contribution is -2.51. The maximum atomic E-state index is 11.9. The molecule has 0 fully saturated rings. The van der Waals surface area contributed by atoms with E-state index >= 15 is 0 Å². The van der Waals surface area contributed by atoms with Crippen LogP contribution in [0, 0.1) is 0 Å². The standard InChI is InChI=1S/C19H24N2O4/c1-19(20,13-22)18(23)21-15-5-9-17(10-6-15)25-12-11-14-3-7-16(24-2)8-4-14/h3-10,22H,11-13,20H2,1-2H3,(H,21,23)/t19-/m0/s1. The third-order valence-electron chi connectivity index (χ3n) is 3.78. The van der Waals surface area contributed by atoms with E-state index in [0.29, 0.717) is 18.0 Å². The smallest absolute Gasteiger partial charge is 0.246 e. The first-order chi connectivity index (χ1) is 11.9. The Hall–Kier alpha value is -2.57. The van der Waals surface area contributed by atoms with Gasteiger partial charge in [0.2, 0.25) is 5.91 Å². The molecule has 2 aromatic carbocycles. The maximum absolute atomic E-state index is 11.9. The summed E-state index contributed by atoms with van der Waals surface area (Å²) in [5, 5.41) is 11.8. The Morgan fingerprint density at radius 1 is 1.12 bits per heavy atom. The van der Waals surface area contributed by atoms with Crippen LogP contribution in [0.25, 0.3) is 0 Å². The second kappa shape index (κ2) is 8.50. The molecule has 0 aromatic heterocycles. The highest BCUT2D eigenvalue weighted by molar-refractivity contribution is 5.97. The molecule has 2 rings (SSSR count). The minimum absolute atomic E-state index is 0.425. The van der Waals surface area contributed by atoms with Crippen molar-refractivity contribution >= 4 is 11.6 Å². The molecule has 25 heavy (non-hydrogen) atoms. The normalized spacial score (nSPS) is 13.0. The van der Waals surface area contributed by atoms with Crippen molar-refractivity contribution in [3.63, 3.8) is 0 Å². The Bertz CT molecular complexity index is 682. The summed E-state index contributed by atoms with van der Waals surface area (Å²) in [6, 6.07) is 14.9. The van der Waals surface area contributed by atoms with E-state index in [4.69, 9.17) is 20.3 Å². The van der Waals surface area contributed by atoms with Gasteiger partial charge in [0.05, 0.1) is 20.3 Å². The van der Waals surface area contributed by atoms with Gasteiger partial charge in [-0.15, -0.1) is 0 Å². The molecule has 0 radical (unpaired) electrons. The molecule has 6 nitrogen and oxygen atoms in total. The Morgan fingerprint density at radius 3 is 2.28 bits per heavy atom. The average Bonchev–Trinajstić information content (AvgIpc) is 2.63. The van der Waals surface area contributed by atoms with Gasteiger partial charge in [-0.3, -0.25) is 4.79 Å². The number of anilines is 1. The predicted molar refractivity (Wildman–Crippen MR) is 96.9 cm³/mol. The number of methoxy groups -OCH3 is 1. The highest BCUT2D eigenvalue weighted by Gasteiger charge is 2.27. The molecule has 2 aromatic rings. The molecule has 0 heterocycles. The zero-order chi connectivity index (χ0) is 18.3. The van der Waals surface area contributed by atoms with Gasteiger partial charge in [-0.25, -0.2) is 0 Å². The third-order valence-corrected chi connectivity index (χ3v) is 3.78. The van der Waals surface area contributed by atoms with Gasteiger partial charge < -0.3 is 25.6 Å². The van der Waals surface area contributed by atoms with Crippen LogP contribution in [-0.4, -0.2) is 36.9 Å². The zero-order valence-electron chi connectivity index (χ0n) is 14.5. The van der Waals surface area contributed by atoms with E-state index in [1.165, 1.54) is 6.92 Å². The van der Waals surface area contributed by atoms with Crippen molar-refractivity contribution < 1.29 is 19.4 Å². The summed E-state index contributed by atoms with van der Waals surface area (Å²) in [5.74, 6) is 1.10. The monoisotopic (exact) mass is 344 g/mol. The largest absolute Gasteiger partial charge is 0.497 e. The first kappa shape index (κ1) is 18.8. The molecule has 1 amide bonds. The number of carbonyl (C=O) groups is 1. The first-order valence-electron chi connectivity index (χ1n) is 8.01. The van der Waals surface area contributed by atoms with Crippen LogP contribution >= 0.6 is 0 Å². The number of ether oxygens (including phenoxy) is 2. The van der Waals surface area contributed by atoms with Crippen LogP contribution in [0.5, 0.6) is 11.5 Å². The van der Waals surface area contributed by atoms with Gasteiger partial charge in [-0.1, -0.05) is 12.1 Å². The van der Waals surface area contributed by atoms with E-state index in [9.17, 15) is 4.79 Å². The quantitative estimate of drug-likeness (QED) is 0.681. The van der Waals surface area contributed by atoms with Crippen molar-refractivity contribution in [1.29, 1.82) is 0 Å². The van der Waals surface area contributed by atoms with Gasteiger partial charge in [0.25, 0.3) is 0 Å². The summed E-state index contributed by atoms with van der Waals surface area (Å²) in [5.41, 5.74) is 6.13. The highest BCUT2D eigenvalue weighted by Crippen LogP contribution is 2.17. The average molecular weight is 344 g/mol. The van der Waals surface area contributed by atoms with Crippen LogP contribution in [0.15, 0.2) is 48.5 Å². The first-order valence-corrected chi connectivity index (χ1v) is 8.01. The molecule has 0 unspecified atom stereocenters. The fourth-order valence-electron chi connectivity index (χ4n) is 2.06. The SMILES string of the molecule is COc1ccc(CCOc2ccc(NC(=O)[C@@](C)(N)CO)cc2)cc1. The van der Waals surface area contributed by atoms with Gasteiger partial charge in [0.1, 0.15) is 17.0 Å². The van der Waals surface area contributed by atoms with Crippen LogP contribution in [0.1, 0.15) is 12.5 Å². The predicted octanol–water partition coefficient (Wildman–Crippen LogP) is 1.96. The molecular weight excluding hydrogens is 320 g/mol. The molecule has 0 bridgehead atoms. The number of carbonyl (C=O) groups excluding carboxylic acids is 1. The Kier molecular flexibility index (Phi) is 6.38. The summed E-state index contributed by atoms with van der Waals surface area (Å²) < 4.78 is 10.8. The molecular formula is C19H24N2O4. The van der Waals surface area contributed by atoms with E-state index in [0.717, 1.165) is 17.7 Å². The second-order valence-corrected chi connectivity index (χ2v) is 6.00. The highest BCUT2D eigenvalue weighted by atomic mass is 16.5. The molecule has 0 aliphatic heterocycles. The molecule has 0 spiro atoms. The number of nitrogens with two attached hydrogens (primary N) is 1. The van der Waals surface area contributed by atoms with Gasteiger partial charge in [-0.05, 0) is 48.9 Å². The number of nitrogens with one attached hydrogen (secondary N) is 1. The number of hydrogen-bond donors (Lipinski definition) is 3. The molecule has 0 saturated heterocycles. The number of rotatable bonds is 8. The van der Waals surface area contributed by atoms with E-state index in [2.05, 4.69) is 5.32 Å². The number of hydrogen-bond acceptors (Lipinski definition) is 5. The lowest BCUT2D eigenvalue weighted by atomic mass is 10.0. The summed E-state index contributed by atoms with van der Waals surface area (Å²) in [7, 11) is 1.64. The third kappa shape index (κ3) is 5.48. The van der Waals surface area contributed by atoms with Crippen LogP contribution in [0.2, 0.25) is 0 Å². The molecule has 0 aliphatic carbocycles. The minimum atomic E-state index is -1.31. The molecule has 1 atom stereocenters. The lowest BCUT2D eigenvalue weighted by molar-refractivity contribution is -0.121. The number of aliphatic hydroxyl groups is 1. The van der Waals surface area contributed by atoms with Crippen molar-refractivity contribution in [2.75, 3.05) is 25.6 Å². The summed E-state index contributed by atoms with van der Waals surface area (Å²) >= 11 is 0. The van der Waals surface area contributed by atoms with E-state index in [1.807, 2.05) is 24.3 Å². The molecule has 4 N–H and O–H groups in total. The Labute approximate surface area is 147 Å². The van der Waals surface area contributed by atoms with Crippen LogP contribution in [0.4, 0.5) is 5.69 Å². The van der Waals surface area contributed by atoms with E-state index in [-0.39, 0.29) is 0 Å². The number of amides is 1. The lowest BCUT2D eigenvalue weighted by Gasteiger charge is -2.20. The van der Waals surface area contributed by atoms with Crippen molar-refractivity contribution in [3.8, 4) is 11.5 Å². The fourth-order valence-corrected chi connectivity index (χ4v) is 2.06. The van der Waals surface area contributed by atoms with Crippen molar-refractivity contribution in [3.05, 3.63) is 54.1 Å². The Balaban J connectivity index is 1.82. The Morgan fingerprint density at radius 2 is 1.72 bits per heavy atom. The zero-order valence-corrected chi connectivity index (χ0v) is 14.5. The van der Waals surface area contributed by atoms with Crippen LogP contribution in [0.3, 0.4) is 0 Å². The topological polar surface area (TPSA) is 93.8 Å². The van der Waals surface area contributed by atoms with Crippen LogP contribution in [-0.2, 0) is 11.2 Å². The summed E-state index contributed by atoms with van der Waals surface area (Å²) in [4.78, 5) is 11.9. The fraction of sp³-hybridized carbons (Fsp3) is 0.316. The summed E-state index contributed by atoms with van der Waals surface area (Å²) in [6.07, 6.45) is 0.782. The number of aliphatic hydroxyl groups excluding tert-OH is 1. The molecule has 0 saturated carbocycles. The van der Waals surface area contributed by atoms with Crippen LogP contribution < -0.4 is 20.5 Å². The second-order valence-electron chi connectivity index (χ2n) is 6.00. The van der Waals surface area contributed by atoms with Crippen molar-refractivity contribution in [1.82, 2.24) is 0 Å². The van der Waals surface area contributed by atoms with Gasteiger partial charge in [-0.2, -0.15) is 0 Å². The van der Waals surface area contributed by atoms with Gasteiger partial charge in [0.15, 0.2) is 0 Å². The van der Waals surface area contributed by atoms with Crippen molar-refractivity contribution in [2.45, 2.75) is 18.9 Å². The minimum Gasteiger partial charge on any atom is -0.497 e. The molecule has 0 aliphatic rings. The van der Waals surface area contributed by atoms with E-state index in [1.54, 1.807) is 31.4 Å². The van der Waals surface area contributed by atoms with Gasteiger partial charge >= 0.3 is 0 Å².